The highest BCUT2D eigenvalue weighted by Gasteiger charge is 2.29. The Morgan fingerprint density at radius 3 is 2.33 bits per heavy atom. The molecule has 3 rings (SSSR count). The molecule has 0 unspecified atom stereocenters. The van der Waals surface area contributed by atoms with Gasteiger partial charge in [0.05, 0.1) is 12.2 Å². The zero-order valence-corrected chi connectivity index (χ0v) is 14.5. The second-order valence-corrected chi connectivity index (χ2v) is 6.79. The first kappa shape index (κ1) is 16.8. The lowest BCUT2D eigenvalue weighted by molar-refractivity contribution is -0.127. The summed E-state index contributed by atoms with van der Waals surface area (Å²) in [6, 6.07) is 7.20. The van der Waals surface area contributed by atoms with Crippen molar-refractivity contribution in [3.05, 3.63) is 29.8 Å². The van der Waals surface area contributed by atoms with E-state index in [0.717, 1.165) is 18.7 Å². The molecule has 6 nitrogen and oxygen atoms in total. The molecule has 2 aliphatic heterocycles. The van der Waals surface area contributed by atoms with Gasteiger partial charge in [0.2, 0.25) is 5.91 Å². The van der Waals surface area contributed by atoms with Crippen molar-refractivity contribution in [2.24, 2.45) is 0 Å². The highest BCUT2D eigenvalue weighted by molar-refractivity contribution is 5.95. The van der Waals surface area contributed by atoms with Crippen LogP contribution in [0.25, 0.3) is 0 Å². The second kappa shape index (κ2) is 6.81. The van der Waals surface area contributed by atoms with Crippen LogP contribution in [0, 0.1) is 0 Å². The van der Waals surface area contributed by atoms with E-state index in [4.69, 9.17) is 4.74 Å². The predicted molar refractivity (Wildman–Crippen MR) is 92.0 cm³/mol. The summed E-state index contributed by atoms with van der Waals surface area (Å²) >= 11 is 0. The number of nitrogens with zero attached hydrogens (tertiary/aromatic N) is 2. The van der Waals surface area contributed by atoms with Gasteiger partial charge in [0, 0.05) is 37.9 Å². The molecule has 1 aromatic rings. The molecule has 3 atom stereocenters. The number of rotatable bonds is 3. The van der Waals surface area contributed by atoms with Crippen molar-refractivity contribution in [2.75, 3.05) is 32.0 Å². The van der Waals surface area contributed by atoms with Crippen molar-refractivity contribution < 1.29 is 14.3 Å². The minimum Gasteiger partial charge on any atom is -0.374 e. The minimum atomic E-state index is -0.169. The molecule has 0 aromatic heterocycles. The van der Waals surface area contributed by atoms with E-state index in [-0.39, 0.29) is 30.1 Å². The molecule has 1 aromatic carbocycles. The Kier molecular flexibility index (Phi) is 4.76. The average molecular weight is 331 g/mol. The molecule has 2 saturated heterocycles. The molecule has 0 bridgehead atoms. The lowest BCUT2D eigenvalue weighted by Crippen LogP contribution is -2.48. The van der Waals surface area contributed by atoms with Crippen LogP contribution >= 0.6 is 0 Å². The molecular weight excluding hydrogens is 306 g/mol. The van der Waals surface area contributed by atoms with E-state index in [2.05, 4.69) is 5.32 Å². The summed E-state index contributed by atoms with van der Waals surface area (Å²) in [4.78, 5) is 28.2. The van der Waals surface area contributed by atoms with Gasteiger partial charge >= 0.3 is 0 Å². The van der Waals surface area contributed by atoms with Crippen molar-refractivity contribution >= 4 is 17.5 Å². The maximum absolute atomic E-state index is 12.6. The van der Waals surface area contributed by atoms with Gasteiger partial charge in [-0.1, -0.05) is 0 Å². The molecule has 0 saturated carbocycles. The van der Waals surface area contributed by atoms with Crippen molar-refractivity contribution in [3.8, 4) is 0 Å². The van der Waals surface area contributed by atoms with E-state index in [1.165, 1.54) is 0 Å². The third-order valence-corrected chi connectivity index (χ3v) is 4.61. The van der Waals surface area contributed by atoms with Crippen LogP contribution in [-0.2, 0) is 9.53 Å². The number of likely N-dealkylation sites (tertiary alicyclic amines) is 1. The van der Waals surface area contributed by atoms with Crippen LogP contribution < -0.4 is 5.32 Å². The molecular formula is C18H25N3O3. The summed E-state index contributed by atoms with van der Waals surface area (Å²) in [5.74, 6) is 0.145. The number of hydrogen-bond donors (Lipinski definition) is 1. The van der Waals surface area contributed by atoms with Crippen LogP contribution in [0.15, 0.2) is 24.3 Å². The molecule has 6 heteroatoms. The Bertz CT molecular complexity index is 606. The first-order chi connectivity index (χ1) is 11.4. The maximum Gasteiger partial charge on any atom is 0.254 e. The topological polar surface area (TPSA) is 61.9 Å². The number of carbonyl (C=O) groups is 2. The fraction of sp³-hybridized carbons (Fsp3) is 0.556. The summed E-state index contributed by atoms with van der Waals surface area (Å²) < 4.78 is 5.67. The van der Waals surface area contributed by atoms with Gasteiger partial charge in [-0.15, -0.1) is 0 Å². The van der Waals surface area contributed by atoms with Gasteiger partial charge in [0.15, 0.2) is 0 Å². The Morgan fingerprint density at radius 1 is 1.17 bits per heavy atom. The third kappa shape index (κ3) is 3.53. The van der Waals surface area contributed by atoms with E-state index in [1.807, 2.05) is 50.1 Å². The number of anilines is 1. The number of amides is 2. The molecule has 2 aliphatic rings. The van der Waals surface area contributed by atoms with Crippen LogP contribution in [-0.4, -0.2) is 66.5 Å². The van der Waals surface area contributed by atoms with Crippen LogP contribution in [0.4, 0.5) is 5.69 Å². The highest BCUT2D eigenvalue weighted by Crippen LogP contribution is 2.19. The quantitative estimate of drug-likeness (QED) is 0.913. The molecule has 2 heterocycles. The van der Waals surface area contributed by atoms with Gasteiger partial charge in [-0.25, -0.2) is 0 Å². The number of carbonyl (C=O) groups excluding carboxylic acids is 2. The Balaban J connectivity index is 1.64. The van der Waals surface area contributed by atoms with Gasteiger partial charge < -0.3 is 19.9 Å². The SMILES string of the molecule is C[C@@H]1CN(C(=O)c2ccc(N[C@@H]3CCN(C)C3=O)cc2)C[C@@H](C)O1. The van der Waals surface area contributed by atoms with E-state index in [9.17, 15) is 9.59 Å². The molecule has 2 amide bonds. The van der Waals surface area contributed by atoms with Gasteiger partial charge in [-0.05, 0) is 44.5 Å². The van der Waals surface area contributed by atoms with Crippen molar-refractivity contribution in [3.63, 3.8) is 0 Å². The minimum absolute atomic E-state index is 0.0280. The summed E-state index contributed by atoms with van der Waals surface area (Å²) in [5.41, 5.74) is 1.53. The van der Waals surface area contributed by atoms with Gasteiger partial charge in [-0.3, -0.25) is 9.59 Å². The van der Waals surface area contributed by atoms with Gasteiger partial charge in [0.25, 0.3) is 5.91 Å². The number of nitrogens with one attached hydrogen (secondary N) is 1. The fourth-order valence-corrected chi connectivity index (χ4v) is 3.39. The Labute approximate surface area is 142 Å². The average Bonchev–Trinajstić information content (AvgIpc) is 2.86. The molecule has 0 aliphatic carbocycles. The third-order valence-electron chi connectivity index (χ3n) is 4.61. The zero-order valence-electron chi connectivity index (χ0n) is 14.5. The lowest BCUT2D eigenvalue weighted by atomic mass is 10.1. The number of hydrogen-bond acceptors (Lipinski definition) is 4. The van der Waals surface area contributed by atoms with E-state index in [1.54, 1.807) is 4.90 Å². The number of morpholine rings is 1. The monoisotopic (exact) mass is 331 g/mol. The predicted octanol–water partition coefficient (Wildman–Crippen LogP) is 1.58. The Morgan fingerprint density at radius 2 is 1.79 bits per heavy atom. The second-order valence-electron chi connectivity index (χ2n) is 6.79. The summed E-state index contributed by atoms with van der Waals surface area (Å²) in [7, 11) is 1.82. The number of ether oxygens (including phenoxy) is 1. The summed E-state index contributed by atoms with van der Waals surface area (Å²) in [6.07, 6.45) is 0.924. The molecule has 2 fully saturated rings. The van der Waals surface area contributed by atoms with E-state index in [0.29, 0.717) is 18.7 Å². The fourth-order valence-electron chi connectivity index (χ4n) is 3.39. The van der Waals surface area contributed by atoms with Crippen LogP contribution in [0.2, 0.25) is 0 Å². The zero-order chi connectivity index (χ0) is 17.3. The molecule has 0 spiro atoms. The van der Waals surface area contributed by atoms with Crippen molar-refractivity contribution in [1.29, 1.82) is 0 Å². The normalized spacial score (nSPS) is 27.5. The molecule has 0 radical (unpaired) electrons. The summed E-state index contributed by atoms with van der Waals surface area (Å²) in [5, 5.41) is 3.24. The summed E-state index contributed by atoms with van der Waals surface area (Å²) in [6.45, 7) is 5.98. The number of likely N-dealkylation sites (N-methyl/N-ethyl adjacent to an activating group) is 1. The van der Waals surface area contributed by atoms with E-state index < -0.39 is 0 Å². The lowest BCUT2D eigenvalue weighted by Gasteiger charge is -2.35. The molecule has 24 heavy (non-hydrogen) atoms. The van der Waals surface area contributed by atoms with Crippen LogP contribution in [0.1, 0.15) is 30.6 Å². The maximum atomic E-state index is 12.6. The van der Waals surface area contributed by atoms with Gasteiger partial charge in [0.1, 0.15) is 6.04 Å². The molecule has 1 N–H and O–H groups in total. The first-order valence-electron chi connectivity index (χ1n) is 8.50. The van der Waals surface area contributed by atoms with Crippen molar-refractivity contribution in [2.45, 2.75) is 38.5 Å². The largest absolute Gasteiger partial charge is 0.374 e. The van der Waals surface area contributed by atoms with E-state index >= 15 is 0 Å². The standard InChI is InChI=1S/C18H25N3O3/c1-12-10-21(11-13(2)24-12)17(22)14-4-6-15(7-5-14)19-16-8-9-20(3)18(16)23/h4-7,12-13,16,19H,8-11H2,1-3H3/t12-,13-,16-/m1/s1. The highest BCUT2D eigenvalue weighted by atomic mass is 16.5. The van der Waals surface area contributed by atoms with Crippen molar-refractivity contribution in [1.82, 2.24) is 9.80 Å². The smallest absolute Gasteiger partial charge is 0.254 e. The number of benzene rings is 1. The van der Waals surface area contributed by atoms with Crippen LogP contribution in [0.5, 0.6) is 0 Å². The Hall–Kier alpha value is -2.08. The van der Waals surface area contributed by atoms with Gasteiger partial charge in [-0.2, -0.15) is 0 Å². The molecule has 130 valence electrons. The van der Waals surface area contributed by atoms with Crippen LogP contribution in [0.3, 0.4) is 0 Å². The first-order valence-corrected chi connectivity index (χ1v) is 8.50.